The number of carboxylic acid groups (broad SMARTS) is 1. The van der Waals surface area contributed by atoms with E-state index in [9.17, 15) is 18.0 Å². The lowest BCUT2D eigenvalue weighted by Gasteiger charge is -2.31. The zero-order valence-corrected chi connectivity index (χ0v) is 14.3. The number of amides is 1. The summed E-state index contributed by atoms with van der Waals surface area (Å²) in [7, 11) is -2.63. The zero-order valence-electron chi connectivity index (χ0n) is 13.4. The maximum absolute atomic E-state index is 13.0. The van der Waals surface area contributed by atoms with Crippen LogP contribution in [0.2, 0.25) is 0 Å². The van der Waals surface area contributed by atoms with Crippen LogP contribution in [-0.4, -0.2) is 42.9 Å². The Kier molecular flexibility index (Phi) is 4.83. The highest BCUT2D eigenvalue weighted by Crippen LogP contribution is 2.30. The Bertz CT molecular complexity index is 792. The van der Waals surface area contributed by atoms with E-state index in [0.29, 0.717) is 16.9 Å². The molecule has 1 aromatic rings. The summed E-state index contributed by atoms with van der Waals surface area (Å²) in [6.45, 7) is 3.23. The number of rotatable bonds is 5. The van der Waals surface area contributed by atoms with E-state index < -0.39 is 34.4 Å². The molecule has 0 bridgehead atoms. The number of carbonyl (C=O) groups is 2. The summed E-state index contributed by atoms with van der Waals surface area (Å²) in [4.78, 5) is 23.0. The van der Waals surface area contributed by atoms with Gasteiger partial charge in [-0.15, -0.1) is 0 Å². The maximum atomic E-state index is 13.0. The molecule has 2 N–H and O–H groups in total. The van der Waals surface area contributed by atoms with Crippen LogP contribution in [0.15, 0.2) is 29.4 Å². The van der Waals surface area contributed by atoms with Crippen molar-refractivity contribution in [2.24, 2.45) is 0 Å². The third-order valence-electron chi connectivity index (χ3n) is 3.63. The number of nitrogens with zero attached hydrogens (tertiary/aromatic N) is 1. The topological polar surface area (TPSA) is 113 Å². The molecule has 8 nitrogen and oxygen atoms in total. The van der Waals surface area contributed by atoms with Gasteiger partial charge in [-0.1, -0.05) is 0 Å². The number of methoxy groups -OCH3 is 1. The lowest BCUT2D eigenvalue weighted by molar-refractivity contribution is -0.140. The Morgan fingerprint density at radius 1 is 1.33 bits per heavy atom. The van der Waals surface area contributed by atoms with Crippen molar-refractivity contribution in [3.63, 3.8) is 0 Å². The third-order valence-corrected chi connectivity index (χ3v) is 5.72. The van der Waals surface area contributed by atoms with E-state index in [1.807, 2.05) is 0 Å². The molecule has 1 atom stereocenters. The Balaban J connectivity index is 2.56. The Morgan fingerprint density at radius 3 is 2.42 bits per heavy atom. The molecular formula is C15H18N2O6S. The van der Waals surface area contributed by atoms with Crippen LogP contribution in [-0.2, 0) is 19.6 Å². The van der Waals surface area contributed by atoms with Crippen LogP contribution in [0.25, 0.3) is 0 Å². The predicted molar refractivity (Wildman–Crippen MR) is 84.8 cm³/mol. The first-order valence-electron chi connectivity index (χ1n) is 7.06. The Labute approximate surface area is 139 Å². The van der Waals surface area contributed by atoms with E-state index in [1.165, 1.54) is 13.3 Å². The van der Waals surface area contributed by atoms with Crippen LogP contribution < -0.4 is 10.1 Å². The molecular weight excluding hydrogens is 336 g/mol. The van der Waals surface area contributed by atoms with E-state index in [-0.39, 0.29) is 4.90 Å². The smallest absolute Gasteiger partial charge is 0.306 e. The van der Waals surface area contributed by atoms with Gasteiger partial charge in [0.05, 0.1) is 18.4 Å². The quantitative estimate of drug-likeness (QED) is 0.807. The second-order valence-corrected chi connectivity index (χ2v) is 7.14. The first kappa shape index (κ1) is 17.8. The van der Waals surface area contributed by atoms with E-state index in [1.54, 1.807) is 26.0 Å². The van der Waals surface area contributed by atoms with Gasteiger partial charge < -0.3 is 15.2 Å². The molecule has 0 spiro atoms. The van der Waals surface area contributed by atoms with E-state index >= 15 is 0 Å². The van der Waals surface area contributed by atoms with Gasteiger partial charge in [-0.3, -0.25) is 13.9 Å². The lowest BCUT2D eigenvalue weighted by atomic mass is 10.1. The molecule has 0 saturated carbocycles. The van der Waals surface area contributed by atoms with Crippen molar-refractivity contribution in [3.05, 3.63) is 35.7 Å². The van der Waals surface area contributed by atoms with Gasteiger partial charge in [0.1, 0.15) is 11.8 Å². The highest BCUT2D eigenvalue weighted by molar-refractivity contribution is 7.89. The highest BCUT2D eigenvalue weighted by Gasteiger charge is 2.38. The molecule has 1 aliphatic rings. The van der Waals surface area contributed by atoms with Gasteiger partial charge in [0.25, 0.3) is 10.0 Å². The van der Waals surface area contributed by atoms with Crippen molar-refractivity contribution < 1.29 is 27.9 Å². The molecule has 1 aromatic carbocycles. The summed E-state index contributed by atoms with van der Waals surface area (Å²) in [6.07, 6.45) is 1.70. The Hall–Kier alpha value is -2.55. The Morgan fingerprint density at radius 2 is 1.92 bits per heavy atom. The molecule has 9 heteroatoms. The molecule has 0 aromatic heterocycles. The number of aryl methyl sites for hydroxylation is 2. The van der Waals surface area contributed by atoms with Gasteiger partial charge in [-0.2, -0.15) is 0 Å². The molecule has 1 amide bonds. The minimum atomic E-state index is -4.11. The number of hydrogen-bond acceptors (Lipinski definition) is 5. The molecule has 1 heterocycles. The van der Waals surface area contributed by atoms with Crippen LogP contribution in [0.5, 0.6) is 5.75 Å². The maximum Gasteiger partial charge on any atom is 0.306 e. The van der Waals surface area contributed by atoms with Crippen molar-refractivity contribution in [1.29, 1.82) is 0 Å². The number of aliphatic carboxylic acids is 1. The fraction of sp³-hybridized carbons (Fsp3) is 0.333. The van der Waals surface area contributed by atoms with E-state index in [0.717, 1.165) is 10.5 Å². The number of nitrogens with one attached hydrogen (secondary N) is 1. The SMILES string of the molecule is COc1cc(C)c(S(=O)(=O)N2C=CNC(=O)[C@@H]2CC(=O)O)c(C)c1. The fourth-order valence-electron chi connectivity index (χ4n) is 2.64. The normalized spacial score (nSPS) is 17.5. The van der Waals surface area contributed by atoms with E-state index in [2.05, 4.69) is 5.32 Å². The van der Waals surface area contributed by atoms with Crippen LogP contribution >= 0.6 is 0 Å². The van der Waals surface area contributed by atoms with Gasteiger partial charge in [0.15, 0.2) is 0 Å². The van der Waals surface area contributed by atoms with Crippen molar-refractivity contribution in [2.75, 3.05) is 7.11 Å². The third kappa shape index (κ3) is 3.21. The summed E-state index contributed by atoms with van der Waals surface area (Å²) in [6, 6.07) is 1.79. The first-order chi connectivity index (χ1) is 11.2. The second-order valence-electron chi connectivity index (χ2n) is 5.36. The van der Waals surface area contributed by atoms with E-state index in [4.69, 9.17) is 9.84 Å². The number of sulfonamides is 1. The summed E-state index contributed by atoms with van der Waals surface area (Å²) >= 11 is 0. The molecule has 24 heavy (non-hydrogen) atoms. The fourth-order valence-corrected chi connectivity index (χ4v) is 4.51. The predicted octanol–water partition coefficient (Wildman–Crippen LogP) is 0.747. The van der Waals surface area contributed by atoms with Gasteiger partial charge in [0.2, 0.25) is 5.91 Å². The number of carbonyl (C=O) groups excluding carboxylic acids is 1. The molecule has 0 saturated heterocycles. The minimum Gasteiger partial charge on any atom is -0.497 e. The minimum absolute atomic E-state index is 0.0260. The van der Waals surface area contributed by atoms with Crippen molar-refractivity contribution in [2.45, 2.75) is 31.2 Å². The van der Waals surface area contributed by atoms with Gasteiger partial charge >= 0.3 is 5.97 Å². The highest BCUT2D eigenvalue weighted by atomic mass is 32.2. The summed E-state index contributed by atoms with van der Waals surface area (Å²) in [5.74, 6) is -1.45. The molecule has 0 fully saturated rings. The van der Waals surface area contributed by atoms with Gasteiger partial charge in [-0.25, -0.2) is 8.42 Å². The number of ether oxygens (including phenoxy) is 1. The first-order valence-corrected chi connectivity index (χ1v) is 8.50. The van der Waals surface area contributed by atoms with Crippen molar-refractivity contribution in [1.82, 2.24) is 9.62 Å². The summed E-state index contributed by atoms with van der Waals surface area (Å²) in [5.41, 5.74) is 0.889. The standard InChI is InChI=1S/C15H18N2O6S/c1-9-6-11(23-3)7-10(2)14(9)24(21,22)17-5-4-16-15(20)12(17)8-13(18)19/h4-7,12H,8H2,1-3H3,(H,16,20)(H,18,19)/t12-/m0/s1. The van der Waals surface area contributed by atoms with Crippen molar-refractivity contribution >= 4 is 21.9 Å². The van der Waals surface area contributed by atoms with Crippen LogP contribution in [0.3, 0.4) is 0 Å². The zero-order chi connectivity index (χ0) is 18.1. The average molecular weight is 354 g/mol. The lowest BCUT2D eigenvalue weighted by Crippen LogP contribution is -2.50. The molecule has 0 aliphatic carbocycles. The van der Waals surface area contributed by atoms with Gasteiger partial charge in [-0.05, 0) is 37.1 Å². The van der Waals surface area contributed by atoms with Gasteiger partial charge in [0, 0.05) is 12.4 Å². The number of carboxylic acids is 1. The van der Waals surface area contributed by atoms with Crippen LogP contribution in [0.1, 0.15) is 17.5 Å². The molecule has 0 unspecified atom stereocenters. The number of hydrogen-bond donors (Lipinski definition) is 2. The second kappa shape index (κ2) is 6.52. The largest absolute Gasteiger partial charge is 0.497 e. The molecule has 2 rings (SSSR count). The number of benzene rings is 1. The monoisotopic (exact) mass is 354 g/mol. The van der Waals surface area contributed by atoms with Crippen molar-refractivity contribution in [3.8, 4) is 5.75 Å². The average Bonchev–Trinajstić information content (AvgIpc) is 2.47. The molecule has 1 aliphatic heterocycles. The molecule has 130 valence electrons. The van der Waals surface area contributed by atoms with Crippen LogP contribution in [0, 0.1) is 13.8 Å². The van der Waals surface area contributed by atoms with Crippen LogP contribution in [0.4, 0.5) is 0 Å². The molecule has 0 radical (unpaired) electrons. The summed E-state index contributed by atoms with van der Waals surface area (Å²) in [5, 5.41) is 11.3. The summed E-state index contributed by atoms with van der Waals surface area (Å²) < 4.78 is 32.0.